The van der Waals surface area contributed by atoms with Crippen molar-refractivity contribution in [3.8, 4) is 0 Å². The Labute approximate surface area is 154 Å². The Morgan fingerprint density at radius 2 is 1.77 bits per heavy atom. The van der Waals surface area contributed by atoms with E-state index in [2.05, 4.69) is 9.44 Å². The second-order valence-corrected chi connectivity index (χ2v) is 9.97. The summed E-state index contributed by atoms with van der Waals surface area (Å²) in [4.78, 5) is 0. The SMILES string of the molecule is CS(=O)(=O)CCC/C(=N/OS(=O)(=O)O)S[C@@H]1O[C@@H](CO)[C@@H](O)[C@@H](O)[C@H]1O. The minimum atomic E-state index is -4.91. The molecular formula is C11H21NO11S3. The average molecular weight is 439 g/mol. The van der Waals surface area contributed by atoms with E-state index in [0.717, 1.165) is 6.26 Å². The summed E-state index contributed by atoms with van der Waals surface area (Å²) in [6.45, 7) is -0.663. The molecule has 0 aromatic heterocycles. The number of oxime groups is 1. The van der Waals surface area contributed by atoms with Crippen molar-refractivity contribution in [3.05, 3.63) is 0 Å². The molecule has 0 aromatic rings. The lowest BCUT2D eigenvalue weighted by Crippen LogP contribution is -2.57. The van der Waals surface area contributed by atoms with Gasteiger partial charge in [-0.05, 0) is 6.42 Å². The van der Waals surface area contributed by atoms with E-state index >= 15 is 0 Å². The van der Waals surface area contributed by atoms with Crippen molar-refractivity contribution in [1.82, 2.24) is 0 Å². The van der Waals surface area contributed by atoms with Gasteiger partial charge in [0.1, 0.15) is 44.7 Å². The Bertz CT molecular complexity index is 690. The number of aliphatic hydroxyl groups excluding tert-OH is 4. The Kier molecular flexibility index (Phi) is 8.69. The van der Waals surface area contributed by atoms with E-state index in [0.29, 0.717) is 11.8 Å². The number of thioether (sulfide) groups is 1. The van der Waals surface area contributed by atoms with Crippen LogP contribution in [0.3, 0.4) is 0 Å². The summed E-state index contributed by atoms with van der Waals surface area (Å²) in [7, 11) is -8.21. The lowest BCUT2D eigenvalue weighted by atomic mass is 10.0. The van der Waals surface area contributed by atoms with Crippen molar-refractivity contribution in [1.29, 1.82) is 0 Å². The van der Waals surface area contributed by atoms with Crippen LogP contribution in [0.25, 0.3) is 0 Å². The van der Waals surface area contributed by atoms with Crippen LogP contribution in [-0.4, -0.2) is 95.3 Å². The molecule has 15 heteroatoms. The van der Waals surface area contributed by atoms with Gasteiger partial charge in [-0.2, -0.15) is 8.42 Å². The van der Waals surface area contributed by atoms with E-state index in [-0.39, 0.29) is 23.6 Å². The predicted octanol–water partition coefficient (Wildman–Crippen LogP) is -2.52. The number of nitrogens with zero attached hydrogens (tertiary/aromatic N) is 1. The van der Waals surface area contributed by atoms with Crippen LogP contribution in [0.2, 0.25) is 0 Å². The smallest absolute Gasteiger partial charge is 0.394 e. The fourth-order valence-electron chi connectivity index (χ4n) is 2.00. The van der Waals surface area contributed by atoms with Crippen LogP contribution in [0.4, 0.5) is 0 Å². The maximum Gasteiger partial charge on any atom is 0.466 e. The molecule has 5 atom stereocenters. The molecule has 0 radical (unpaired) electrons. The van der Waals surface area contributed by atoms with E-state index in [1.165, 1.54) is 0 Å². The van der Waals surface area contributed by atoms with Crippen molar-refractivity contribution in [3.63, 3.8) is 0 Å². The van der Waals surface area contributed by atoms with E-state index in [1.807, 2.05) is 0 Å². The third kappa shape index (κ3) is 8.01. The van der Waals surface area contributed by atoms with Gasteiger partial charge in [0.2, 0.25) is 0 Å². The molecule has 1 saturated heterocycles. The Balaban J connectivity index is 2.88. The van der Waals surface area contributed by atoms with Crippen molar-refractivity contribution < 1.29 is 50.8 Å². The molecule has 0 spiro atoms. The second kappa shape index (κ2) is 9.61. The summed E-state index contributed by atoms with van der Waals surface area (Å²) >= 11 is 0.590. The Morgan fingerprint density at radius 1 is 1.15 bits per heavy atom. The second-order valence-electron chi connectivity index (χ2n) is 5.54. The first-order valence-electron chi connectivity index (χ1n) is 7.22. The quantitative estimate of drug-likeness (QED) is 0.115. The van der Waals surface area contributed by atoms with Gasteiger partial charge in [-0.15, -0.1) is 0 Å². The van der Waals surface area contributed by atoms with Crippen LogP contribution in [0.5, 0.6) is 0 Å². The molecule has 1 fully saturated rings. The molecule has 1 rings (SSSR count). The van der Waals surface area contributed by atoms with Crippen LogP contribution in [0.1, 0.15) is 12.8 Å². The molecule has 5 N–H and O–H groups in total. The maximum atomic E-state index is 11.2. The van der Waals surface area contributed by atoms with Crippen molar-refractivity contribution in [2.45, 2.75) is 42.7 Å². The molecule has 12 nitrogen and oxygen atoms in total. The molecule has 1 heterocycles. The lowest BCUT2D eigenvalue weighted by Gasteiger charge is -2.39. The molecule has 0 bridgehead atoms. The zero-order chi connectivity index (χ0) is 20.1. The Hall–Kier alpha value is -0.520. The molecule has 154 valence electrons. The summed E-state index contributed by atoms with van der Waals surface area (Å²) < 4.78 is 61.4. The van der Waals surface area contributed by atoms with Crippen molar-refractivity contribution in [2.24, 2.45) is 5.16 Å². The number of sulfone groups is 1. The summed E-state index contributed by atoms with van der Waals surface area (Å²) in [5.41, 5.74) is -1.27. The number of rotatable bonds is 8. The highest BCUT2D eigenvalue weighted by Gasteiger charge is 2.44. The standard InChI is InChI=1S/C11H21NO11S3/c1-25(17,18)4-2-3-7(12-23-26(19,20)21)24-11-10(16)9(15)8(14)6(5-13)22-11/h6,8-11,13-16H,2-5H2,1H3,(H,19,20,21)/b12-7-/t6-,8+,9+,10+,11-/m0/s1. The fraction of sp³-hybridized carbons (Fsp3) is 0.909. The van der Waals surface area contributed by atoms with Crippen LogP contribution in [0, 0.1) is 0 Å². The summed E-state index contributed by atoms with van der Waals surface area (Å²) in [5.74, 6) is -0.243. The van der Waals surface area contributed by atoms with Gasteiger partial charge in [0.15, 0.2) is 0 Å². The van der Waals surface area contributed by atoms with Gasteiger partial charge >= 0.3 is 10.4 Å². The number of hydrogen-bond donors (Lipinski definition) is 5. The van der Waals surface area contributed by atoms with E-state index in [1.54, 1.807) is 0 Å². The van der Waals surface area contributed by atoms with Crippen molar-refractivity contribution >= 4 is 37.0 Å². The highest BCUT2D eigenvalue weighted by molar-refractivity contribution is 8.14. The molecule has 0 amide bonds. The van der Waals surface area contributed by atoms with Crippen LogP contribution in [0.15, 0.2) is 5.16 Å². The highest BCUT2D eigenvalue weighted by Crippen LogP contribution is 2.30. The monoisotopic (exact) mass is 439 g/mol. The van der Waals surface area contributed by atoms with Gasteiger partial charge in [0.05, 0.1) is 12.4 Å². The molecule has 26 heavy (non-hydrogen) atoms. The van der Waals surface area contributed by atoms with Gasteiger partial charge in [-0.1, -0.05) is 16.9 Å². The van der Waals surface area contributed by atoms with Crippen molar-refractivity contribution in [2.75, 3.05) is 18.6 Å². The van der Waals surface area contributed by atoms with E-state index in [9.17, 15) is 32.2 Å². The van der Waals surface area contributed by atoms with Gasteiger partial charge in [-0.25, -0.2) is 12.7 Å². The van der Waals surface area contributed by atoms with Gasteiger partial charge in [0, 0.05) is 12.7 Å². The fourth-order valence-corrected chi connectivity index (χ4v) is 4.01. The molecule has 0 unspecified atom stereocenters. The van der Waals surface area contributed by atoms with E-state index < -0.39 is 56.7 Å². The predicted molar refractivity (Wildman–Crippen MR) is 90.4 cm³/mol. The summed E-state index contributed by atoms with van der Waals surface area (Å²) in [5, 5.41) is 41.6. The minimum Gasteiger partial charge on any atom is -0.394 e. The number of aliphatic hydroxyl groups is 4. The maximum absolute atomic E-state index is 11.2. The largest absolute Gasteiger partial charge is 0.466 e. The molecule has 0 aliphatic carbocycles. The third-order valence-corrected chi connectivity index (χ3v) is 5.71. The zero-order valence-corrected chi connectivity index (χ0v) is 16.0. The average Bonchev–Trinajstić information content (AvgIpc) is 2.50. The molecule has 1 aliphatic rings. The molecular weight excluding hydrogens is 418 g/mol. The summed E-state index contributed by atoms with van der Waals surface area (Å²) in [6.07, 6.45) is -5.12. The third-order valence-electron chi connectivity index (χ3n) is 3.24. The number of hydrogen-bond acceptors (Lipinski definition) is 12. The molecule has 0 saturated carbocycles. The van der Waals surface area contributed by atoms with Gasteiger partial charge in [0.25, 0.3) is 0 Å². The van der Waals surface area contributed by atoms with Crippen LogP contribution in [-0.2, 0) is 29.3 Å². The van der Waals surface area contributed by atoms with E-state index in [4.69, 9.17) is 14.4 Å². The summed E-state index contributed by atoms with van der Waals surface area (Å²) in [6, 6.07) is 0. The number of ether oxygens (including phenoxy) is 1. The topological polar surface area (TPSA) is 200 Å². The van der Waals surface area contributed by atoms with Gasteiger partial charge < -0.3 is 25.2 Å². The highest BCUT2D eigenvalue weighted by atomic mass is 32.3. The molecule has 1 aliphatic heterocycles. The zero-order valence-electron chi connectivity index (χ0n) is 13.6. The first kappa shape index (κ1) is 23.5. The van der Waals surface area contributed by atoms with Crippen LogP contribution >= 0.6 is 11.8 Å². The Morgan fingerprint density at radius 3 is 2.27 bits per heavy atom. The molecule has 0 aromatic carbocycles. The minimum absolute atomic E-state index is 0.0247. The first-order valence-corrected chi connectivity index (χ1v) is 11.5. The van der Waals surface area contributed by atoms with Crippen LogP contribution < -0.4 is 0 Å². The normalized spacial score (nSPS) is 31.0. The lowest BCUT2D eigenvalue weighted by molar-refractivity contribution is -0.205. The first-order chi connectivity index (χ1) is 11.8. The van der Waals surface area contributed by atoms with Gasteiger partial charge in [-0.3, -0.25) is 4.55 Å².